The normalized spacial score (nSPS) is 11.2. The van der Waals surface area contributed by atoms with E-state index in [1.165, 1.54) is 42.9 Å². The highest BCUT2D eigenvalue weighted by molar-refractivity contribution is 7.92. The number of anilines is 1. The Balaban J connectivity index is 1.66. The average molecular weight is 439 g/mol. The van der Waals surface area contributed by atoms with Crippen molar-refractivity contribution in [2.45, 2.75) is 4.90 Å². The van der Waals surface area contributed by atoms with Crippen LogP contribution in [0.2, 0.25) is 5.02 Å². The lowest BCUT2D eigenvalue weighted by molar-refractivity contribution is 0.103. The molecule has 3 aromatic carbocycles. The molecule has 0 spiro atoms. The number of nitrogens with one attached hydrogen (secondary N) is 1. The van der Waals surface area contributed by atoms with Crippen LogP contribution in [0, 0.1) is 0 Å². The van der Waals surface area contributed by atoms with Gasteiger partial charge in [0.1, 0.15) is 0 Å². The van der Waals surface area contributed by atoms with Gasteiger partial charge in [0.2, 0.25) is 0 Å². The first-order valence-electron chi connectivity index (χ1n) is 8.85. The van der Waals surface area contributed by atoms with E-state index in [-0.39, 0.29) is 21.9 Å². The third kappa shape index (κ3) is 4.12. The van der Waals surface area contributed by atoms with E-state index < -0.39 is 10.0 Å². The molecule has 4 rings (SSSR count). The van der Waals surface area contributed by atoms with Crippen LogP contribution < -0.4 is 4.72 Å². The maximum absolute atomic E-state index is 12.9. The summed E-state index contributed by atoms with van der Waals surface area (Å²) < 4.78 is 33.5. The molecule has 1 N–H and O–H groups in total. The fourth-order valence-electron chi connectivity index (χ4n) is 2.90. The lowest BCUT2D eigenvalue weighted by atomic mass is 10.0. The molecule has 0 radical (unpaired) electrons. The van der Waals surface area contributed by atoms with E-state index in [9.17, 15) is 13.2 Å². The Kier molecular flexibility index (Phi) is 5.39. The van der Waals surface area contributed by atoms with E-state index in [1.807, 2.05) is 0 Å². The second-order valence-corrected chi connectivity index (χ2v) is 8.50. The van der Waals surface area contributed by atoms with Crippen LogP contribution in [0.15, 0.2) is 94.7 Å². The lowest BCUT2D eigenvalue weighted by Gasteiger charge is -2.13. The predicted octanol–water partition coefficient (Wildman–Crippen LogP) is 5.03. The highest BCUT2D eigenvalue weighted by atomic mass is 35.5. The zero-order valence-corrected chi connectivity index (χ0v) is 17.0. The predicted molar refractivity (Wildman–Crippen MR) is 114 cm³/mol. The Bertz CT molecular complexity index is 1290. The Morgan fingerprint density at radius 1 is 0.967 bits per heavy atom. The van der Waals surface area contributed by atoms with Gasteiger partial charge in [0.15, 0.2) is 17.9 Å². The molecule has 1 aromatic heterocycles. The number of hydrogen-bond donors (Lipinski definition) is 1. The summed E-state index contributed by atoms with van der Waals surface area (Å²) in [6.07, 6.45) is 2.84. The summed E-state index contributed by atoms with van der Waals surface area (Å²) in [5.74, 6) is 0.191. The van der Waals surface area contributed by atoms with Gasteiger partial charge in [-0.1, -0.05) is 41.9 Å². The number of benzene rings is 3. The fraction of sp³-hybridized carbons (Fsp3) is 0. The van der Waals surface area contributed by atoms with Crippen LogP contribution in [0.1, 0.15) is 15.9 Å². The number of sulfonamides is 1. The molecule has 1 heterocycles. The molecule has 0 saturated carbocycles. The molecule has 0 aliphatic heterocycles. The molecule has 0 aliphatic rings. The minimum Gasteiger partial charge on any atom is -0.444 e. The molecule has 0 amide bonds. The topological polar surface area (TPSA) is 89.3 Å². The first-order valence-corrected chi connectivity index (χ1v) is 10.7. The van der Waals surface area contributed by atoms with Crippen LogP contribution in [0.3, 0.4) is 0 Å². The van der Waals surface area contributed by atoms with Gasteiger partial charge in [0.25, 0.3) is 10.0 Å². The fourth-order valence-corrected chi connectivity index (χ4v) is 4.15. The number of oxazole rings is 1. The van der Waals surface area contributed by atoms with Gasteiger partial charge in [-0.3, -0.25) is 9.52 Å². The van der Waals surface area contributed by atoms with E-state index >= 15 is 0 Å². The van der Waals surface area contributed by atoms with Crippen molar-refractivity contribution in [3.63, 3.8) is 0 Å². The van der Waals surface area contributed by atoms with E-state index in [1.54, 1.807) is 42.5 Å². The van der Waals surface area contributed by atoms with Crippen molar-refractivity contribution in [2.75, 3.05) is 4.72 Å². The van der Waals surface area contributed by atoms with Crippen molar-refractivity contribution in [2.24, 2.45) is 0 Å². The SMILES string of the molecule is O=C(c1ccccc1)c1cc(Cl)ccc1NS(=O)(=O)c1ccc(-c2cnco2)cc1. The van der Waals surface area contributed by atoms with Gasteiger partial charge >= 0.3 is 0 Å². The summed E-state index contributed by atoms with van der Waals surface area (Å²) in [7, 11) is -3.94. The van der Waals surface area contributed by atoms with Gasteiger partial charge < -0.3 is 4.42 Å². The molecule has 8 heteroatoms. The van der Waals surface area contributed by atoms with Crippen molar-refractivity contribution in [3.05, 3.63) is 102 Å². The van der Waals surface area contributed by atoms with Gasteiger partial charge in [0, 0.05) is 21.7 Å². The van der Waals surface area contributed by atoms with Gasteiger partial charge in [-0.25, -0.2) is 13.4 Å². The number of ketones is 1. The highest BCUT2D eigenvalue weighted by Gasteiger charge is 2.20. The zero-order chi connectivity index (χ0) is 21.1. The van der Waals surface area contributed by atoms with E-state index in [0.717, 1.165) is 0 Å². The van der Waals surface area contributed by atoms with E-state index in [0.29, 0.717) is 21.9 Å². The molecule has 0 aliphatic carbocycles. The molecular formula is C22H15ClN2O4S. The van der Waals surface area contributed by atoms with E-state index in [2.05, 4.69) is 9.71 Å². The van der Waals surface area contributed by atoms with Crippen molar-refractivity contribution in [3.8, 4) is 11.3 Å². The van der Waals surface area contributed by atoms with Gasteiger partial charge in [-0.2, -0.15) is 0 Å². The van der Waals surface area contributed by atoms with Crippen LogP contribution in [-0.2, 0) is 10.0 Å². The third-order valence-corrected chi connectivity index (χ3v) is 6.00. The number of carbonyl (C=O) groups is 1. The van der Waals surface area contributed by atoms with Crippen molar-refractivity contribution in [1.29, 1.82) is 0 Å². The summed E-state index contributed by atoms with van der Waals surface area (Å²) in [6, 6.07) is 19.2. The Hall–Kier alpha value is -3.42. The third-order valence-electron chi connectivity index (χ3n) is 4.39. The smallest absolute Gasteiger partial charge is 0.261 e. The quantitative estimate of drug-likeness (QED) is 0.426. The van der Waals surface area contributed by atoms with E-state index in [4.69, 9.17) is 16.0 Å². The molecule has 30 heavy (non-hydrogen) atoms. The van der Waals surface area contributed by atoms with Gasteiger partial charge in [-0.05, 0) is 42.5 Å². The monoisotopic (exact) mass is 438 g/mol. The molecule has 4 aromatic rings. The van der Waals surface area contributed by atoms with Crippen molar-refractivity contribution in [1.82, 2.24) is 4.98 Å². The number of hydrogen-bond acceptors (Lipinski definition) is 5. The maximum atomic E-state index is 12.9. The lowest BCUT2D eigenvalue weighted by Crippen LogP contribution is -2.16. The Morgan fingerprint density at radius 2 is 1.70 bits per heavy atom. The molecule has 0 bridgehead atoms. The average Bonchev–Trinajstić information content (AvgIpc) is 3.30. The molecule has 0 unspecified atom stereocenters. The molecular weight excluding hydrogens is 424 g/mol. The summed E-state index contributed by atoms with van der Waals surface area (Å²) in [4.78, 5) is 16.8. The Labute approximate surface area is 178 Å². The highest BCUT2D eigenvalue weighted by Crippen LogP contribution is 2.27. The number of aromatic nitrogens is 1. The molecule has 0 saturated heterocycles. The largest absolute Gasteiger partial charge is 0.444 e. The number of rotatable bonds is 6. The summed E-state index contributed by atoms with van der Waals surface area (Å²) in [5.41, 5.74) is 1.43. The minimum atomic E-state index is -3.94. The standard InChI is InChI=1S/C22H15ClN2O4S/c23-17-8-11-20(19(12-17)22(26)16-4-2-1-3-5-16)25-30(27,28)18-9-6-15(7-10-18)21-13-24-14-29-21/h1-14,25H. The summed E-state index contributed by atoms with van der Waals surface area (Å²) in [6.45, 7) is 0. The van der Waals surface area contributed by atoms with Crippen LogP contribution >= 0.6 is 11.6 Å². The summed E-state index contributed by atoms with van der Waals surface area (Å²) in [5, 5.41) is 0.327. The van der Waals surface area contributed by atoms with Crippen molar-refractivity contribution >= 4 is 33.1 Å². The second-order valence-electron chi connectivity index (χ2n) is 6.38. The molecule has 6 nitrogen and oxygen atoms in total. The molecule has 150 valence electrons. The van der Waals surface area contributed by atoms with Crippen LogP contribution in [0.4, 0.5) is 5.69 Å². The van der Waals surface area contributed by atoms with Crippen LogP contribution in [0.25, 0.3) is 11.3 Å². The van der Waals surface area contributed by atoms with Crippen LogP contribution in [0.5, 0.6) is 0 Å². The van der Waals surface area contributed by atoms with Crippen molar-refractivity contribution < 1.29 is 17.6 Å². The molecule has 0 fully saturated rings. The van der Waals surface area contributed by atoms with Gasteiger partial charge in [0.05, 0.1) is 16.8 Å². The van der Waals surface area contributed by atoms with Gasteiger partial charge in [-0.15, -0.1) is 0 Å². The molecule has 0 atom stereocenters. The second kappa shape index (κ2) is 8.14. The maximum Gasteiger partial charge on any atom is 0.261 e. The first kappa shape index (κ1) is 19.9. The first-order chi connectivity index (χ1) is 14.4. The van der Waals surface area contributed by atoms with Crippen LogP contribution in [-0.4, -0.2) is 19.2 Å². The number of halogens is 1. The Morgan fingerprint density at radius 3 is 2.37 bits per heavy atom. The zero-order valence-electron chi connectivity index (χ0n) is 15.4. The number of nitrogens with zero attached hydrogens (tertiary/aromatic N) is 1. The summed E-state index contributed by atoms with van der Waals surface area (Å²) >= 11 is 6.06. The number of carbonyl (C=O) groups excluding carboxylic acids is 1. The minimum absolute atomic E-state index is 0.0406.